The fourth-order valence-corrected chi connectivity index (χ4v) is 2.90. The number of hydrogen-bond acceptors (Lipinski definition) is 3. The zero-order valence-corrected chi connectivity index (χ0v) is 13.8. The number of ether oxygens (including phenoxy) is 1. The van der Waals surface area contributed by atoms with Gasteiger partial charge in [0.15, 0.2) is 0 Å². The molecule has 3 rings (SSSR count). The average molecular weight is 324 g/mol. The molecule has 1 heterocycles. The number of fused-ring (bicyclic) bond motifs is 1. The molecule has 126 valence electrons. The van der Waals surface area contributed by atoms with Gasteiger partial charge < -0.3 is 15.4 Å². The Bertz CT molecular complexity index is 633. The predicted molar refractivity (Wildman–Crippen MR) is 95.4 cm³/mol. The van der Waals surface area contributed by atoms with Crippen molar-refractivity contribution >= 4 is 5.91 Å². The van der Waals surface area contributed by atoms with Crippen LogP contribution in [0.3, 0.4) is 0 Å². The standard InChI is InChI=1S/C20H24N2O2/c23-20(16-8-2-1-3-9-16)22-13-7-6-12-21-15-18-14-17-10-4-5-11-19(17)24-18/h1-5,8-11,18,21H,6-7,12-15H2,(H,22,23). The number of hydrogen-bond donors (Lipinski definition) is 2. The second-order valence-corrected chi connectivity index (χ2v) is 6.08. The first-order valence-electron chi connectivity index (χ1n) is 8.61. The van der Waals surface area contributed by atoms with Gasteiger partial charge in [-0.25, -0.2) is 0 Å². The molecule has 4 nitrogen and oxygen atoms in total. The molecule has 24 heavy (non-hydrogen) atoms. The molecular formula is C20H24N2O2. The molecule has 0 radical (unpaired) electrons. The Morgan fingerprint density at radius 2 is 1.75 bits per heavy atom. The number of carbonyl (C=O) groups excluding carboxylic acids is 1. The number of rotatable bonds is 8. The van der Waals surface area contributed by atoms with Crippen molar-refractivity contribution < 1.29 is 9.53 Å². The van der Waals surface area contributed by atoms with Crippen LogP contribution in [0, 0.1) is 0 Å². The lowest BCUT2D eigenvalue weighted by Gasteiger charge is -2.12. The van der Waals surface area contributed by atoms with Gasteiger partial charge in [0, 0.05) is 25.1 Å². The second kappa shape index (κ2) is 8.50. The topological polar surface area (TPSA) is 50.4 Å². The second-order valence-electron chi connectivity index (χ2n) is 6.08. The summed E-state index contributed by atoms with van der Waals surface area (Å²) in [5, 5.41) is 6.40. The minimum absolute atomic E-state index is 0.000629. The largest absolute Gasteiger partial charge is 0.488 e. The van der Waals surface area contributed by atoms with Crippen molar-refractivity contribution in [2.24, 2.45) is 0 Å². The molecule has 0 aliphatic carbocycles. The van der Waals surface area contributed by atoms with Crippen LogP contribution in [0.4, 0.5) is 0 Å². The van der Waals surface area contributed by atoms with Gasteiger partial charge in [-0.05, 0) is 43.1 Å². The number of carbonyl (C=O) groups is 1. The van der Waals surface area contributed by atoms with Crippen LogP contribution < -0.4 is 15.4 Å². The quantitative estimate of drug-likeness (QED) is 0.734. The van der Waals surface area contributed by atoms with Crippen LogP contribution in [0.1, 0.15) is 28.8 Å². The summed E-state index contributed by atoms with van der Waals surface area (Å²) < 4.78 is 5.90. The van der Waals surface area contributed by atoms with E-state index in [1.54, 1.807) is 0 Å². The molecule has 4 heteroatoms. The third kappa shape index (κ3) is 4.59. The monoisotopic (exact) mass is 324 g/mol. The van der Waals surface area contributed by atoms with E-state index in [9.17, 15) is 4.79 Å². The van der Waals surface area contributed by atoms with Gasteiger partial charge >= 0.3 is 0 Å². The zero-order valence-electron chi connectivity index (χ0n) is 13.8. The molecular weight excluding hydrogens is 300 g/mol. The molecule has 1 amide bonds. The van der Waals surface area contributed by atoms with E-state index in [1.165, 1.54) is 5.56 Å². The molecule has 1 atom stereocenters. The summed E-state index contributed by atoms with van der Waals surface area (Å²) in [7, 11) is 0. The molecule has 0 spiro atoms. The highest BCUT2D eigenvalue weighted by molar-refractivity contribution is 5.94. The van der Waals surface area contributed by atoms with Crippen LogP contribution in [0.5, 0.6) is 5.75 Å². The molecule has 0 fully saturated rings. The van der Waals surface area contributed by atoms with Crippen molar-refractivity contribution in [3.8, 4) is 5.75 Å². The summed E-state index contributed by atoms with van der Waals surface area (Å²) in [5.74, 6) is 1.02. The fourth-order valence-electron chi connectivity index (χ4n) is 2.90. The first-order valence-corrected chi connectivity index (χ1v) is 8.61. The van der Waals surface area contributed by atoms with E-state index in [2.05, 4.69) is 22.8 Å². The lowest BCUT2D eigenvalue weighted by molar-refractivity contribution is 0.0953. The molecule has 0 bridgehead atoms. The van der Waals surface area contributed by atoms with Gasteiger partial charge in [0.05, 0.1) is 0 Å². The van der Waals surface area contributed by atoms with E-state index in [0.29, 0.717) is 12.1 Å². The van der Waals surface area contributed by atoms with Gasteiger partial charge in [-0.15, -0.1) is 0 Å². The Labute approximate surface area is 143 Å². The van der Waals surface area contributed by atoms with Crippen molar-refractivity contribution in [2.45, 2.75) is 25.4 Å². The molecule has 0 aromatic heterocycles. The normalized spacial score (nSPS) is 15.6. The number of unbranched alkanes of at least 4 members (excludes halogenated alkanes) is 1. The Morgan fingerprint density at radius 1 is 1.00 bits per heavy atom. The highest BCUT2D eigenvalue weighted by Gasteiger charge is 2.21. The fraction of sp³-hybridized carbons (Fsp3) is 0.350. The van der Waals surface area contributed by atoms with Crippen LogP contribution >= 0.6 is 0 Å². The Balaban J connectivity index is 1.23. The highest BCUT2D eigenvalue weighted by atomic mass is 16.5. The van der Waals surface area contributed by atoms with Gasteiger partial charge in [-0.3, -0.25) is 4.79 Å². The van der Waals surface area contributed by atoms with Crippen molar-refractivity contribution in [3.05, 3.63) is 65.7 Å². The van der Waals surface area contributed by atoms with Gasteiger partial charge in [0.2, 0.25) is 0 Å². The van der Waals surface area contributed by atoms with E-state index in [4.69, 9.17) is 4.74 Å². The Kier molecular flexibility index (Phi) is 5.85. The summed E-state index contributed by atoms with van der Waals surface area (Å²) in [6.07, 6.45) is 3.22. The summed E-state index contributed by atoms with van der Waals surface area (Å²) in [4.78, 5) is 11.9. The first kappa shape index (κ1) is 16.5. The molecule has 2 aromatic rings. The minimum atomic E-state index is 0.000629. The number of benzene rings is 2. The third-order valence-corrected chi connectivity index (χ3v) is 4.19. The summed E-state index contributed by atoms with van der Waals surface area (Å²) >= 11 is 0. The number of nitrogens with one attached hydrogen (secondary N) is 2. The maximum atomic E-state index is 11.9. The molecule has 2 aromatic carbocycles. The maximum absolute atomic E-state index is 11.9. The van der Waals surface area contributed by atoms with E-state index >= 15 is 0 Å². The smallest absolute Gasteiger partial charge is 0.251 e. The SMILES string of the molecule is O=C(NCCCCNCC1Cc2ccccc2O1)c1ccccc1. The average Bonchev–Trinajstić information content (AvgIpc) is 3.04. The molecule has 1 aliphatic heterocycles. The summed E-state index contributed by atoms with van der Waals surface area (Å²) in [5.41, 5.74) is 2.02. The Hall–Kier alpha value is -2.33. The lowest BCUT2D eigenvalue weighted by atomic mass is 10.1. The van der Waals surface area contributed by atoms with Crippen molar-refractivity contribution in [1.29, 1.82) is 0 Å². The predicted octanol–water partition coefficient (Wildman–Crippen LogP) is 2.79. The van der Waals surface area contributed by atoms with E-state index in [-0.39, 0.29) is 12.0 Å². The van der Waals surface area contributed by atoms with E-state index in [0.717, 1.165) is 38.1 Å². The molecule has 0 saturated carbocycles. The molecule has 1 aliphatic rings. The third-order valence-electron chi connectivity index (χ3n) is 4.19. The molecule has 0 saturated heterocycles. The van der Waals surface area contributed by atoms with Crippen molar-refractivity contribution in [3.63, 3.8) is 0 Å². The van der Waals surface area contributed by atoms with Crippen LogP contribution in [0.15, 0.2) is 54.6 Å². The van der Waals surface area contributed by atoms with Crippen molar-refractivity contribution in [2.75, 3.05) is 19.6 Å². The van der Waals surface area contributed by atoms with E-state index < -0.39 is 0 Å². The van der Waals surface area contributed by atoms with Gasteiger partial charge in [0.1, 0.15) is 11.9 Å². The summed E-state index contributed by atoms with van der Waals surface area (Å²) in [6, 6.07) is 17.6. The number of para-hydroxylation sites is 1. The van der Waals surface area contributed by atoms with Gasteiger partial charge in [-0.1, -0.05) is 36.4 Å². The highest BCUT2D eigenvalue weighted by Crippen LogP contribution is 2.27. The van der Waals surface area contributed by atoms with Crippen LogP contribution in [-0.2, 0) is 6.42 Å². The summed E-state index contributed by atoms with van der Waals surface area (Å²) in [6.45, 7) is 2.52. The van der Waals surface area contributed by atoms with E-state index in [1.807, 2.05) is 42.5 Å². The lowest BCUT2D eigenvalue weighted by Crippen LogP contribution is -2.31. The zero-order chi connectivity index (χ0) is 16.6. The molecule has 2 N–H and O–H groups in total. The number of amides is 1. The Morgan fingerprint density at radius 3 is 2.58 bits per heavy atom. The van der Waals surface area contributed by atoms with Crippen LogP contribution in [-0.4, -0.2) is 31.6 Å². The van der Waals surface area contributed by atoms with Gasteiger partial charge in [0.25, 0.3) is 5.91 Å². The van der Waals surface area contributed by atoms with Crippen LogP contribution in [0.25, 0.3) is 0 Å². The van der Waals surface area contributed by atoms with Gasteiger partial charge in [-0.2, -0.15) is 0 Å². The maximum Gasteiger partial charge on any atom is 0.251 e. The minimum Gasteiger partial charge on any atom is -0.488 e. The van der Waals surface area contributed by atoms with Crippen LogP contribution in [0.2, 0.25) is 0 Å². The molecule has 1 unspecified atom stereocenters. The first-order chi connectivity index (χ1) is 11.8. The van der Waals surface area contributed by atoms with Crippen molar-refractivity contribution in [1.82, 2.24) is 10.6 Å².